The zero-order valence-electron chi connectivity index (χ0n) is 12.6. The van der Waals surface area contributed by atoms with Gasteiger partial charge in [-0.2, -0.15) is 0 Å². The van der Waals surface area contributed by atoms with Crippen LogP contribution in [-0.2, 0) is 9.53 Å². The van der Waals surface area contributed by atoms with E-state index in [1.165, 1.54) is 17.7 Å². The summed E-state index contributed by atoms with van der Waals surface area (Å²) < 4.78 is 7.12. The van der Waals surface area contributed by atoms with Crippen molar-refractivity contribution in [2.45, 2.75) is 50.5 Å². The largest absolute Gasteiger partial charge is 0.394 e. The van der Waals surface area contributed by atoms with Crippen molar-refractivity contribution in [1.82, 2.24) is 9.55 Å². The van der Waals surface area contributed by atoms with Gasteiger partial charge in [-0.3, -0.25) is 14.3 Å². The van der Waals surface area contributed by atoms with E-state index in [1.54, 1.807) is 22.6 Å². The molecule has 1 saturated heterocycles. The van der Waals surface area contributed by atoms with Gasteiger partial charge in [-0.15, -0.1) is 0 Å². The van der Waals surface area contributed by atoms with Gasteiger partial charge in [0.05, 0.1) is 15.8 Å². The Morgan fingerprint density at radius 3 is 2.87 bits per heavy atom. The predicted molar refractivity (Wildman–Crippen MR) is 89.1 cm³/mol. The topological polar surface area (TPSA) is 122 Å². The summed E-state index contributed by atoms with van der Waals surface area (Å²) in [6, 6.07) is 0. The number of carbonyl (C=O) groups excluding carboxylic acids is 1. The Bertz CT molecular complexity index is 699. The van der Waals surface area contributed by atoms with Crippen molar-refractivity contribution in [1.29, 1.82) is 0 Å². The molecule has 0 saturated carbocycles. The second kappa shape index (κ2) is 7.24. The third-order valence-corrected chi connectivity index (χ3v) is 4.76. The number of hydrogen-bond acceptors (Lipinski definition) is 6. The molecule has 2 rings (SSSR count). The number of rotatable bonds is 6. The number of aliphatic hydroxyl groups excluding tert-OH is 1. The Morgan fingerprint density at radius 1 is 1.57 bits per heavy atom. The third kappa shape index (κ3) is 4.08. The highest BCUT2D eigenvalue weighted by molar-refractivity contribution is 14.1. The number of Topliss-reactive ketones (excluding diaryl/α,β-unsaturated/α-hetero) is 1. The van der Waals surface area contributed by atoms with E-state index >= 15 is 0 Å². The number of nitrogens with zero attached hydrogens (tertiary/aromatic N) is 1. The fraction of sp³-hybridized carbons (Fsp3) is 0.643. The minimum atomic E-state index is -1.32. The van der Waals surface area contributed by atoms with Gasteiger partial charge in [0.25, 0.3) is 5.56 Å². The fourth-order valence-corrected chi connectivity index (χ4v) is 3.19. The molecule has 1 aliphatic rings. The summed E-state index contributed by atoms with van der Waals surface area (Å²) in [5.74, 6) is 0.0241. The normalized spacial score (nSPS) is 27.3. The Morgan fingerprint density at radius 2 is 2.26 bits per heavy atom. The van der Waals surface area contributed by atoms with Gasteiger partial charge in [0.2, 0.25) is 0 Å². The minimum absolute atomic E-state index is 0.0241. The van der Waals surface area contributed by atoms with E-state index in [9.17, 15) is 24.6 Å². The molecule has 3 atom stereocenters. The zero-order valence-corrected chi connectivity index (χ0v) is 14.8. The van der Waals surface area contributed by atoms with Crippen LogP contribution in [0.15, 0.2) is 15.8 Å². The van der Waals surface area contributed by atoms with E-state index in [4.69, 9.17) is 4.74 Å². The molecule has 1 aliphatic heterocycles. The van der Waals surface area contributed by atoms with Gasteiger partial charge < -0.3 is 19.7 Å². The molecule has 0 spiro atoms. The van der Waals surface area contributed by atoms with Crippen molar-refractivity contribution >= 4 is 28.4 Å². The van der Waals surface area contributed by atoms with Crippen molar-refractivity contribution < 1.29 is 19.7 Å². The lowest BCUT2D eigenvalue weighted by Gasteiger charge is -2.26. The van der Waals surface area contributed by atoms with Gasteiger partial charge in [0.1, 0.15) is 18.1 Å². The molecule has 8 nitrogen and oxygen atoms in total. The van der Waals surface area contributed by atoms with Crippen LogP contribution in [0.5, 0.6) is 0 Å². The number of H-pyrrole nitrogens is 1. The van der Waals surface area contributed by atoms with Crippen LogP contribution in [0.25, 0.3) is 0 Å². The summed E-state index contributed by atoms with van der Waals surface area (Å²) in [5.41, 5.74) is -2.44. The summed E-state index contributed by atoms with van der Waals surface area (Å²) in [4.78, 5) is 36.6. The smallest absolute Gasteiger partial charge is 0.330 e. The Hall–Kier alpha value is -1.04. The van der Waals surface area contributed by atoms with Gasteiger partial charge in [-0.05, 0) is 42.4 Å². The number of aromatic amines is 1. The molecule has 0 radical (unpaired) electrons. The molecule has 0 amide bonds. The highest BCUT2D eigenvalue weighted by Gasteiger charge is 2.47. The summed E-state index contributed by atoms with van der Waals surface area (Å²) in [7, 11) is 0. The SMILES string of the molecule is CC(=O)CCC[C@]1(O)C[C@H](n2cc(I)c(=O)[nH]c2=O)O[C@@H]1CO. The number of ether oxygens (including phenoxy) is 1. The van der Waals surface area contributed by atoms with Crippen LogP contribution in [0.4, 0.5) is 0 Å². The number of aromatic nitrogens is 2. The maximum Gasteiger partial charge on any atom is 0.330 e. The van der Waals surface area contributed by atoms with Crippen molar-refractivity contribution in [2.24, 2.45) is 0 Å². The molecular formula is C14H19IN2O6. The van der Waals surface area contributed by atoms with Crippen LogP contribution in [0.2, 0.25) is 0 Å². The first-order valence-electron chi connectivity index (χ1n) is 7.26. The first-order chi connectivity index (χ1) is 10.8. The summed E-state index contributed by atoms with van der Waals surface area (Å²) in [5, 5.41) is 20.2. The molecule has 1 fully saturated rings. The molecule has 0 aliphatic carbocycles. The quantitative estimate of drug-likeness (QED) is 0.534. The first kappa shape index (κ1) is 18.3. The van der Waals surface area contributed by atoms with Crippen LogP contribution in [0.3, 0.4) is 0 Å². The van der Waals surface area contributed by atoms with Crippen molar-refractivity contribution in [2.75, 3.05) is 6.61 Å². The van der Waals surface area contributed by atoms with E-state index in [2.05, 4.69) is 4.98 Å². The average Bonchev–Trinajstić information content (AvgIpc) is 2.79. The maximum absolute atomic E-state index is 11.9. The molecule has 128 valence electrons. The summed E-state index contributed by atoms with van der Waals surface area (Å²) in [6.07, 6.45) is 0.908. The summed E-state index contributed by atoms with van der Waals surface area (Å²) >= 11 is 1.80. The average molecular weight is 438 g/mol. The van der Waals surface area contributed by atoms with E-state index in [1.807, 2.05) is 0 Å². The number of ketones is 1. The lowest BCUT2D eigenvalue weighted by Crippen LogP contribution is -2.40. The molecular weight excluding hydrogens is 419 g/mol. The molecule has 3 N–H and O–H groups in total. The van der Waals surface area contributed by atoms with E-state index in [0.29, 0.717) is 16.4 Å². The lowest BCUT2D eigenvalue weighted by molar-refractivity contribution is -0.117. The maximum atomic E-state index is 11.9. The molecule has 0 unspecified atom stereocenters. The lowest BCUT2D eigenvalue weighted by atomic mass is 9.89. The Kier molecular flexibility index (Phi) is 5.76. The number of hydrogen-bond donors (Lipinski definition) is 3. The van der Waals surface area contributed by atoms with Crippen LogP contribution < -0.4 is 11.2 Å². The van der Waals surface area contributed by atoms with E-state index in [-0.39, 0.29) is 18.6 Å². The highest BCUT2D eigenvalue weighted by Crippen LogP contribution is 2.39. The first-order valence-corrected chi connectivity index (χ1v) is 8.34. The van der Waals surface area contributed by atoms with Crippen LogP contribution >= 0.6 is 22.6 Å². The number of halogens is 1. The fourth-order valence-electron chi connectivity index (χ4n) is 2.76. The van der Waals surface area contributed by atoms with Crippen molar-refractivity contribution in [3.05, 3.63) is 30.6 Å². The molecule has 0 bridgehead atoms. The molecule has 9 heteroatoms. The van der Waals surface area contributed by atoms with Crippen LogP contribution in [0.1, 0.15) is 38.8 Å². The zero-order chi connectivity index (χ0) is 17.2. The molecule has 0 aromatic carbocycles. The minimum Gasteiger partial charge on any atom is -0.394 e. The van der Waals surface area contributed by atoms with Gasteiger partial charge >= 0.3 is 5.69 Å². The van der Waals surface area contributed by atoms with Crippen LogP contribution in [-0.4, -0.2) is 43.9 Å². The van der Waals surface area contributed by atoms with Crippen molar-refractivity contribution in [3.63, 3.8) is 0 Å². The Balaban J connectivity index is 2.21. The monoisotopic (exact) mass is 438 g/mol. The highest BCUT2D eigenvalue weighted by atomic mass is 127. The predicted octanol–water partition coefficient (Wildman–Crippen LogP) is -0.0886. The number of nitrogens with one attached hydrogen (secondary N) is 1. The van der Waals surface area contributed by atoms with Gasteiger partial charge in [0.15, 0.2) is 0 Å². The second-order valence-electron chi connectivity index (χ2n) is 5.77. The van der Waals surface area contributed by atoms with Gasteiger partial charge in [0, 0.05) is 19.0 Å². The molecule has 2 heterocycles. The van der Waals surface area contributed by atoms with E-state index in [0.717, 1.165) is 0 Å². The third-order valence-electron chi connectivity index (χ3n) is 3.99. The van der Waals surface area contributed by atoms with Crippen LogP contribution in [0, 0.1) is 3.57 Å². The molecule has 1 aromatic heterocycles. The van der Waals surface area contributed by atoms with Gasteiger partial charge in [-0.1, -0.05) is 0 Å². The molecule has 23 heavy (non-hydrogen) atoms. The second-order valence-corrected chi connectivity index (χ2v) is 6.93. The number of carbonyl (C=O) groups is 1. The number of aliphatic hydroxyl groups is 2. The molecule has 1 aromatic rings. The standard InChI is InChI=1S/C14H19IN2O6/c1-8(19)3-2-4-14(22)5-11(23-10(14)7-18)17-6-9(15)12(20)16-13(17)21/h6,10-11,18,22H,2-5,7H2,1H3,(H,16,20,21)/t10-,11-,14+/m1/s1. The summed E-state index contributed by atoms with van der Waals surface area (Å²) in [6.45, 7) is 1.08. The Labute approximate surface area is 145 Å². The van der Waals surface area contributed by atoms with Crippen molar-refractivity contribution in [3.8, 4) is 0 Å². The van der Waals surface area contributed by atoms with E-state index < -0.39 is 35.8 Å². The van der Waals surface area contributed by atoms with Gasteiger partial charge in [-0.25, -0.2) is 4.79 Å².